The summed E-state index contributed by atoms with van der Waals surface area (Å²) in [4.78, 5) is 33.7. The summed E-state index contributed by atoms with van der Waals surface area (Å²) in [5, 5.41) is 0. The molecular weight excluding hydrogens is 416 g/mol. The summed E-state index contributed by atoms with van der Waals surface area (Å²) in [5.41, 5.74) is 2.15. The highest BCUT2D eigenvalue weighted by atomic mass is 32.2. The van der Waals surface area contributed by atoms with Gasteiger partial charge in [-0.15, -0.1) is 0 Å². The topological polar surface area (TPSA) is 97.2 Å². The number of aromatic nitrogens is 4. The predicted molar refractivity (Wildman–Crippen MR) is 122 cm³/mol. The Morgan fingerprint density at radius 1 is 1.16 bits per heavy atom. The molecule has 10 heteroatoms. The Hall–Kier alpha value is -2.40. The number of hydrogen-bond donors (Lipinski definition) is 2. The van der Waals surface area contributed by atoms with Gasteiger partial charge in [0.15, 0.2) is 11.2 Å². The Labute approximate surface area is 184 Å². The molecule has 1 aromatic carbocycles. The molecule has 1 aliphatic heterocycles. The van der Waals surface area contributed by atoms with Gasteiger partial charge in [-0.05, 0) is 18.1 Å². The minimum atomic E-state index is -0.443. The van der Waals surface area contributed by atoms with Crippen LogP contribution in [0.4, 0.5) is 0 Å². The van der Waals surface area contributed by atoms with Crippen LogP contribution in [0.1, 0.15) is 18.1 Å². The van der Waals surface area contributed by atoms with Crippen LogP contribution in [-0.4, -0.2) is 62.6 Å². The third kappa shape index (κ3) is 5.27. The summed E-state index contributed by atoms with van der Waals surface area (Å²) in [5.74, 6) is 1.04. The monoisotopic (exact) mass is 444 g/mol. The molecule has 166 valence electrons. The van der Waals surface area contributed by atoms with Crippen LogP contribution in [0, 0.1) is 0 Å². The van der Waals surface area contributed by atoms with Crippen LogP contribution in [0.5, 0.6) is 0 Å². The fourth-order valence-electron chi connectivity index (χ4n) is 3.66. The van der Waals surface area contributed by atoms with Crippen LogP contribution in [0.2, 0.25) is 0 Å². The number of fused-ring (bicyclic) bond motifs is 1. The normalized spacial score (nSPS) is 15.0. The molecule has 0 aliphatic carbocycles. The Balaban J connectivity index is 1.33. The molecule has 0 atom stereocenters. The average Bonchev–Trinajstić information content (AvgIpc) is 3.23. The van der Waals surface area contributed by atoms with Gasteiger partial charge >= 0.3 is 5.69 Å². The first kappa shape index (κ1) is 21.8. The van der Waals surface area contributed by atoms with Crippen molar-refractivity contribution in [1.29, 1.82) is 0 Å². The molecule has 2 N–H and O–H groups in total. The molecule has 31 heavy (non-hydrogen) atoms. The highest BCUT2D eigenvalue weighted by molar-refractivity contribution is 7.97. The molecule has 0 radical (unpaired) electrons. The third-order valence-electron chi connectivity index (χ3n) is 5.45. The molecule has 0 bridgehead atoms. The molecule has 3 aromatic rings. The molecule has 4 rings (SSSR count). The average molecular weight is 445 g/mol. The van der Waals surface area contributed by atoms with Crippen molar-refractivity contribution in [1.82, 2.24) is 28.7 Å². The zero-order valence-electron chi connectivity index (χ0n) is 17.7. The van der Waals surface area contributed by atoms with E-state index < -0.39 is 11.2 Å². The molecule has 1 saturated heterocycles. The third-order valence-corrected chi connectivity index (χ3v) is 6.19. The molecule has 9 nitrogen and oxygen atoms in total. The van der Waals surface area contributed by atoms with E-state index in [0.717, 1.165) is 50.7 Å². The number of hydrogen-bond acceptors (Lipinski definition) is 7. The molecule has 1 fully saturated rings. The molecule has 0 spiro atoms. The zero-order valence-corrected chi connectivity index (χ0v) is 18.5. The lowest BCUT2D eigenvalue weighted by Crippen LogP contribution is -2.37. The maximum atomic E-state index is 12.4. The summed E-state index contributed by atoms with van der Waals surface area (Å²) in [6, 6.07) is 8.14. The predicted octanol–water partition coefficient (Wildman–Crippen LogP) is 1.02. The summed E-state index contributed by atoms with van der Waals surface area (Å²) in [6.45, 7) is 8.45. The van der Waals surface area contributed by atoms with Crippen molar-refractivity contribution < 1.29 is 4.74 Å². The Morgan fingerprint density at radius 2 is 1.90 bits per heavy atom. The van der Waals surface area contributed by atoms with E-state index in [1.54, 1.807) is 22.8 Å². The maximum absolute atomic E-state index is 12.4. The molecule has 1 aliphatic rings. The second-order valence-electron chi connectivity index (χ2n) is 7.49. The van der Waals surface area contributed by atoms with Crippen LogP contribution in [0.25, 0.3) is 11.2 Å². The van der Waals surface area contributed by atoms with E-state index in [1.165, 1.54) is 10.1 Å². The number of H-pyrrole nitrogens is 1. The quantitative estimate of drug-likeness (QED) is 0.376. The number of nitrogens with zero attached hydrogens (tertiary/aromatic N) is 4. The molecule has 2 aromatic heterocycles. The highest BCUT2D eigenvalue weighted by Gasteiger charge is 2.13. The van der Waals surface area contributed by atoms with Crippen molar-refractivity contribution in [2.75, 3.05) is 38.6 Å². The summed E-state index contributed by atoms with van der Waals surface area (Å²) in [7, 11) is 0. The molecular formula is C21H28N6O3S. The van der Waals surface area contributed by atoms with Gasteiger partial charge in [0.1, 0.15) is 0 Å². The van der Waals surface area contributed by atoms with Gasteiger partial charge in [-0.25, -0.2) is 9.78 Å². The smallest absolute Gasteiger partial charge is 0.330 e. The van der Waals surface area contributed by atoms with Crippen molar-refractivity contribution >= 4 is 23.1 Å². The van der Waals surface area contributed by atoms with E-state index in [9.17, 15) is 9.59 Å². The number of aryl methyl sites for hydroxylation is 1. The van der Waals surface area contributed by atoms with Crippen LogP contribution in [-0.2, 0) is 24.4 Å². The van der Waals surface area contributed by atoms with Crippen LogP contribution in [0.15, 0.2) is 40.2 Å². The highest BCUT2D eigenvalue weighted by Crippen LogP contribution is 2.11. The number of imidazole rings is 1. The van der Waals surface area contributed by atoms with Gasteiger partial charge in [0.2, 0.25) is 0 Å². The van der Waals surface area contributed by atoms with Gasteiger partial charge in [-0.1, -0.05) is 36.2 Å². The van der Waals surface area contributed by atoms with Gasteiger partial charge in [-0.3, -0.25) is 24.0 Å². The first-order valence-corrected chi connectivity index (χ1v) is 11.5. The fraction of sp³-hybridized carbons (Fsp3) is 0.476. The number of rotatable bonds is 9. The number of nitrogens with one attached hydrogen (secondary N) is 2. The molecule has 0 saturated carbocycles. The Kier molecular flexibility index (Phi) is 7.23. The van der Waals surface area contributed by atoms with E-state index in [4.69, 9.17) is 4.74 Å². The van der Waals surface area contributed by atoms with Gasteiger partial charge in [0.25, 0.3) is 5.56 Å². The number of morpholine rings is 1. The Morgan fingerprint density at radius 3 is 2.65 bits per heavy atom. The minimum absolute atomic E-state index is 0.356. The van der Waals surface area contributed by atoms with Crippen LogP contribution < -0.4 is 16.0 Å². The van der Waals surface area contributed by atoms with E-state index in [1.807, 2.05) is 19.1 Å². The van der Waals surface area contributed by atoms with Crippen molar-refractivity contribution in [3.05, 3.63) is 62.6 Å². The van der Waals surface area contributed by atoms with Crippen LogP contribution in [0.3, 0.4) is 0 Å². The van der Waals surface area contributed by atoms with Crippen molar-refractivity contribution in [3.63, 3.8) is 0 Å². The standard InChI is InChI=1S/C21H28N6O3S/c1-2-26-15-22-19-18(26)20(28)24-21(29)27(19)14-17-5-3-16(4-6-17)13-23-31-12-9-25-7-10-30-11-8-25/h3-6,15,23H,2,7-14H2,1H3,(H,24,28,29). The number of benzene rings is 1. The van der Waals surface area contributed by atoms with Crippen molar-refractivity contribution in [2.24, 2.45) is 0 Å². The zero-order chi connectivity index (χ0) is 21.6. The lowest BCUT2D eigenvalue weighted by molar-refractivity contribution is 0.0410. The van der Waals surface area contributed by atoms with E-state index >= 15 is 0 Å². The van der Waals surface area contributed by atoms with Crippen LogP contribution >= 0.6 is 11.9 Å². The summed E-state index contributed by atoms with van der Waals surface area (Å²) >= 11 is 1.74. The van der Waals surface area contributed by atoms with Gasteiger partial charge < -0.3 is 9.30 Å². The Bertz CT molecular complexity index is 1110. The second kappa shape index (κ2) is 10.3. The molecule has 0 unspecified atom stereocenters. The number of ether oxygens (including phenoxy) is 1. The largest absolute Gasteiger partial charge is 0.379 e. The summed E-state index contributed by atoms with van der Waals surface area (Å²) in [6.07, 6.45) is 1.60. The van der Waals surface area contributed by atoms with E-state index in [-0.39, 0.29) is 0 Å². The van der Waals surface area contributed by atoms with Gasteiger partial charge in [-0.2, -0.15) is 0 Å². The molecule has 3 heterocycles. The van der Waals surface area contributed by atoms with Gasteiger partial charge in [0.05, 0.1) is 26.1 Å². The maximum Gasteiger partial charge on any atom is 0.330 e. The SMILES string of the molecule is CCn1cnc2c1c(=O)[nH]c(=O)n2Cc1ccc(CNSCCN2CCOCC2)cc1. The first-order chi connectivity index (χ1) is 15.2. The lowest BCUT2D eigenvalue weighted by Gasteiger charge is -2.26. The number of aromatic amines is 1. The van der Waals surface area contributed by atoms with E-state index in [2.05, 4.69) is 31.7 Å². The lowest BCUT2D eigenvalue weighted by atomic mass is 10.1. The first-order valence-electron chi connectivity index (χ1n) is 10.6. The summed E-state index contributed by atoms with van der Waals surface area (Å²) < 4.78 is 12.0. The molecule has 0 amide bonds. The van der Waals surface area contributed by atoms with E-state index in [0.29, 0.717) is 24.3 Å². The fourth-order valence-corrected chi connectivity index (χ4v) is 4.42. The second-order valence-corrected chi connectivity index (χ2v) is 8.47. The minimum Gasteiger partial charge on any atom is -0.379 e. The van der Waals surface area contributed by atoms with Crippen molar-refractivity contribution in [2.45, 2.75) is 26.6 Å². The van der Waals surface area contributed by atoms with Crippen molar-refractivity contribution in [3.8, 4) is 0 Å². The van der Waals surface area contributed by atoms with Gasteiger partial charge in [0, 0.05) is 38.5 Å².